The van der Waals surface area contributed by atoms with Crippen LogP contribution < -0.4 is 5.32 Å². The van der Waals surface area contributed by atoms with Gasteiger partial charge < -0.3 is 14.3 Å². The van der Waals surface area contributed by atoms with Crippen molar-refractivity contribution in [3.63, 3.8) is 0 Å². The van der Waals surface area contributed by atoms with E-state index in [9.17, 15) is 0 Å². The summed E-state index contributed by atoms with van der Waals surface area (Å²) in [5, 5.41) is 7.35. The van der Waals surface area contributed by atoms with Crippen molar-refractivity contribution in [3.8, 4) is 11.6 Å². The fourth-order valence-corrected chi connectivity index (χ4v) is 2.75. The minimum absolute atomic E-state index is 0.429. The molecule has 1 saturated heterocycles. The van der Waals surface area contributed by atoms with Crippen LogP contribution in [-0.4, -0.2) is 34.2 Å². The quantitative estimate of drug-likeness (QED) is 0.893. The van der Waals surface area contributed by atoms with Crippen molar-refractivity contribution in [1.82, 2.24) is 15.5 Å². The zero-order valence-corrected chi connectivity index (χ0v) is 10.1. The molecule has 0 bridgehead atoms. The molecule has 2 aromatic heterocycles. The number of aromatic nitrogens is 2. The van der Waals surface area contributed by atoms with Crippen LogP contribution in [0.5, 0.6) is 0 Å². The molecule has 2 aromatic rings. The maximum absolute atomic E-state index is 5.22. The smallest absolute Gasteiger partial charge is 0.238 e. The van der Waals surface area contributed by atoms with Crippen LogP contribution in [0.2, 0.25) is 0 Å². The fraction of sp³-hybridized carbons (Fsp3) is 0.455. The zero-order valence-electron chi connectivity index (χ0n) is 9.26. The first-order chi connectivity index (χ1) is 8.42. The van der Waals surface area contributed by atoms with Gasteiger partial charge in [0, 0.05) is 30.5 Å². The van der Waals surface area contributed by atoms with Crippen LogP contribution in [0.3, 0.4) is 0 Å². The molecule has 1 fully saturated rings. The first kappa shape index (κ1) is 10.9. The maximum atomic E-state index is 5.22. The summed E-state index contributed by atoms with van der Waals surface area (Å²) in [6, 6.07) is 4.06. The number of nitrogens with one attached hydrogen (secondary N) is 1. The van der Waals surface area contributed by atoms with Gasteiger partial charge in [0.05, 0.1) is 6.26 Å². The van der Waals surface area contributed by atoms with Gasteiger partial charge in [0.25, 0.3) is 0 Å². The zero-order chi connectivity index (χ0) is 11.5. The lowest BCUT2D eigenvalue weighted by Crippen LogP contribution is -2.38. The van der Waals surface area contributed by atoms with Gasteiger partial charge in [-0.1, -0.05) is 5.16 Å². The number of thioether (sulfide) groups is 1. The van der Waals surface area contributed by atoms with Crippen LogP contribution in [0.25, 0.3) is 11.6 Å². The van der Waals surface area contributed by atoms with Crippen molar-refractivity contribution in [2.45, 2.75) is 12.5 Å². The van der Waals surface area contributed by atoms with E-state index in [-0.39, 0.29) is 0 Å². The van der Waals surface area contributed by atoms with Crippen molar-refractivity contribution < 1.29 is 8.94 Å². The van der Waals surface area contributed by atoms with Gasteiger partial charge in [-0.25, -0.2) is 0 Å². The van der Waals surface area contributed by atoms with Gasteiger partial charge in [-0.3, -0.25) is 0 Å². The first-order valence-electron chi connectivity index (χ1n) is 5.59. The summed E-state index contributed by atoms with van der Waals surface area (Å²) in [5.74, 6) is 4.10. The fourth-order valence-electron chi connectivity index (χ4n) is 1.81. The third kappa shape index (κ3) is 2.53. The standard InChI is InChI=1S/C11H13N3O2S/c1-2-9(15-4-1)11-13-10(16-14-11)6-8-7-17-5-3-12-8/h1-2,4,8,12H,3,5-7H2. The lowest BCUT2D eigenvalue weighted by molar-refractivity contribution is 0.362. The van der Waals surface area contributed by atoms with E-state index in [1.165, 1.54) is 5.75 Å². The molecule has 1 atom stereocenters. The molecule has 1 N–H and O–H groups in total. The molecule has 0 amide bonds. The highest BCUT2D eigenvalue weighted by Gasteiger charge is 2.18. The van der Waals surface area contributed by atoms with E-state index in [1.54, 1.807) is 6.26 Å². The van der Waals surface area contributed by atoms with E-state index in [0.717, 1.165) is 18.7 Å². The van der Waals surface area contributed by atoms with Gasteiger partial charge in [0.2, 0.25) is 11.7 Å². The van der Waals surface area contributed by atoms with E-state index >= 15 is 0 Å². The van der Waals surface area contributed by atoms with Gasteiger partial charge in [0.15, 0.2) is 5.76 Å². The molecule has 5 nitrogen and oxygen atoms in total. The average molecular weight is 251 g/mol. The van der Waals surface area contributed by atoms with Gasteiger partial charge in [-0.15, -0.1) is 0 Å². The summed E-state index contributed by atoms with van der Waals surface area (Å²) in [5.41, 5.74) is 0. The Morgan fingerprint density at radius 2 is 2.53 bits per heavy atom. The molecule has 17 heavy (non-hydrogen) atoms. The van der Waals surface area contributed by atoms with Gasteiger partial charge in [0.1, 0.15) is 0 Å². The molecule has 3 heterocycles. The second-order valence-corrected chi connectivity index (χ2v) is 5.07. The Morgan fingerprint density at radius 1 is 1.53 bits per heavy atom. The van der Waals surface area contributed by atoms with Crippen molar-refractivity contribution >= 4 is 11.8 Å². The summed E-state index contributed by atoms with van der Waals surface area (Å²) < 4.78 is 10.4. The van der Waals surface area contributed by atoms with E-state index in [1.807, 2.05) is 23.9 Å². The highest BCUT2D eigenvalue weighted by molar-refractivity contribution is 7.99. The molecule has 90 valence electrons. The molecule has 0 aromatic carbocycles. The van der Waals surface area contributed by atoms with E-state index in [0.29, 0.717) is 23.5 Å². The Bertz CT molecular complexity index is 463. The summed E-state index contributed by atoms with van der Waals surface area (Å²) in [4.78, 5) is 4.33. The van der Waals surface area contributed by atoms with Crippen molar-refractivity contribution in [3.05, 3.63) is 24.3 Å². The number of nitrogens with zero attached hydrogens (tertiary/aromatic N) is 2. The second-order valence-electron chi connectivity index (χ2n) is 3.92. The van der Waals surface area contributed by atoms with Crippen LogP contribution in [-0.2, 0) is 6.42 Å². The molecule has 3 rings (SSSR count). The van der Waals surface area contributed by atoms with E-state index in [2.05, 4.69) is 15.5 Å². The lowest BCUT2D eigenvalue weighted by Gasteiger charge is -2.21. The summed E-state index contributed by atoms with van der Waals surface area (Å²) in [6.07, 6.45) is 2.38. The summed E-state index contributed by atoms with van der Waals surface area (Å²) in [7, 11) is 0. The van der Waals surface area contributed by atoms with Crippen LogP contribution in [0.1, 0.15) is 5.89 Å². The molecule has 0 aliphatic carbocycles. The average Bonchev–Trinajstić information content (AvgIpc) is 3.00. The predicted octanol–water partition coefficient (Wildman–Crippen LogP) is 1.58. The minimum atomic E-state index is 0.429. The topological polar surface area (TPSA) is 64.1 Å². The second kappa shape index (κ2) is 4.93. The monoisotopic (exact) mass is 251 g/mol. The maximum Gasteiger partial charge on any atom is 0.238 e. The van der Waals surface area contributed by atoms with E-state index in [4.69, 9.17) is 8.94 Å². The molecule has 1 unspecified atom stereocenters. The molecule has 6 heteroatoms. The highest BCUT2D eigenvalue weighted by atomic mass is 32.2. The summed E-state index contributed by atoms with van der Waals surface area (Å²) >= 11 is 1.96. The molecule has 0 radical (unpaired) electrons. The van der Waals surface area contributed by atoms with Gasteiger partial charge >= 0.3 is 0 Å². The largest absolute Gasteiger partial charge is 0.461 e. The lowest BCUT2D eigenvalue weighted by atomic mass is 10.2. The van der Waals surface area contributed by atoms with Gasteiger partial charge in [-0.2, -0.15) is 16.7 Å². The molecule has 1 aliphatic heterocycles. The van der Waals surface area contributed by atoms with Crippen molar-refractivity contribution in [2.24, 2.45) is 0 Å². The Labute approximate surface area is 103 Å². The Balaban J connectivity index is 1.68. The number of rotatable bonds is 3. The van der Waals surface area contributed by atoms with Crippen LogP contribution in [0, 0.1) is 0 Å². The van der Waals surface area contributed by atoms with Crippen molar-refractivity contribution in [2.75, 3.05) is 18.1 Å². The molecule has 1 aliphatic rings. The molecular formula is C11H13N3O2S. The highest BCUT2D eigenvalue weighted by Crippen LogP contribution is 2.17. The third-order valence-electron chi connectivity index (χ3n) is 2.63. The SMILES string of the molecule is c1coc(-c2noc(CC3CSCCN3)n2)c1. The Kier molecular flexibility index (Phi) is 3.15. The van der Waals surface area contributed by atoms with Crippen LogP contribution >= 0.6 is 11.8 Å². The number of furan rings is 1. The van der Waals surface area contributed by atoms with Crippen LogP contribution in [0.15, 0.2) is 27.3 Å². The Morgan fingerprint density at radius 3 is 3.29 bits per heavy atom. The molecule has 0 spiro atoms. The summed E-state index contributed by atoms with van der Waals surface area (Å²) in [6.45, 7) is 1.05. The number of hydrogen-bond acceptors (Lipinski definition) is 6. The van der Waals surface area contributed by atoms with Gasteiger partial charge in [-0.05, 0) is 12.1 Å². The van der Waals surface area contributed by atoms with Crippen LogP contribution in [0.4, 0.5) is 0 Å². The minimum Gasteiger partial charge on any atom is -0.461 e. The molecule has 0 saturated carbocycles. The predicted molar refractivity (Wildman–Crippen MR) is 64.8 cm³/mol. The van der Waals surface area contributed by atoms with E-state index < -0.39 is 0 Å². The normalized spacial score (nSPS) is 20.6. The Hall–Kier alpha value is -1.27. The third-order valence-corrected chi connectivity index (χ3v) is 3.76. The molecular weight excluding hydrogens is 238 g/mol. The van der Waals surface area contributed by atoms with Crippen molar-refractivity contribution in [1.29, 1.82) is 0 Å². The number of hydrogen-bond donors (Lipinski definition) is 1. The first-order valence-corrected chi connectivity index (χ1v) is 6.75.